The maximum Gasteiger partial charge on any atom is 0.406 e. The first kappa shape index (κ1) is 16.4. The Labute approximate surface area is 120 Å². The van der Waals surface area contributed by atoms with E-state index >= 15 is 0 Å². The molecule has 0 atom stereocenters. The third kappa shape index (κ3) is 4.82. The quantitative estimate of drug-likeness (QED) is 0.261. The van der Waals surface area contributed by atoms with Crippen molar-refractivity contribution in [2.24, 2.45) is 0 Å². The van der Waals surface area contributed by atoms with E-state index in [4.69, 9.17) is 13.6 Å². The largest absolute Gasteiger partial charge is 0.406 e. The molecule has 1 aromatic rings. The van der Waals surface area contributed by atoms with Crippen LogP contribution in [0.25, 0.3) is 0 Å². The average Bonchev–Trinajstić information content (AvgIpc) is 2.40. The minimum absolute atomic E-state index is 0.0433. The van der Waals surface area contributed by atoms with Crippen LogP contribution in [0.15, 0.2) is 18.2 Å². The molecule has 8 heteroatoms. The Morgan fingerprint density at radius 1 is 1.35 bits per heavy atom. The Morgan fingerprint density at radius 3 is 2.55 bits per heavy atom. The zero-order valence-corrected chi connectivity index (χ0v) is 12.5. The van der Waals surface area contributed by atoms with Gasteiger partial charge in [-0.05, 0) is 19.8 Å². The van der Waals surface area contributed by atoms with Crippen molar-refractivity contribution in [1.29, 1.82) is 0 Å². The Morgan fingerprint density at radius 2 is 2.00 bits per heavy atom. The van der Waals surface area contributed by atoms with Crippen LogP contribution < -0.4 is 5.46 Å². The highest BCUT2D eigenvalue weighted by atomic mass is 31.2. The molecule has 0 bridgehead atoms. The van der Waals surface area contributed by atoms with Gasteiger partial charge in [-0.2, -0.15) is 0 Å². The van der Waals surface area contributed by atoms with Gasteiger partial charge in [-0.15, -0.1) is 0 Å². The van der Waals surface area contributed by atoms with Gasteiger partial charge in [0.25, 0.3) is 5.69 Å². The van der Waals surface area contributed by atoms with E-state index in [-0.39, 0.29) is 5.69 Å². The maximum atomic E-state index is 10.9. The van der Waals surface area contributed by atoms with Crippen LogP contribution in [0.1, 0.15) is 19.4 Å². The fourth-order valence-corrected chi connectivity index (χ4v) is 2.10. The molecule has 0 saturated carbocycles. The second-order valence-electron chi connectivity index (χ2n) is 3.60. The lowest BCUT2D eigenvalue weighted by Gasteiger charge is -2.10. The molecular weight excluding hydrogens is 280 g/mol. The second kappa shape index (κ2) is 8.54. The summed E-state index contributed by atoms with van der Waals surface area (Å²) in [5.41, 5.74) is 1.01. The topological polar surface area (TPSA) is 70.8 Å². The zero-order chi connectivity index (χ0) is 15.0. The van der Waals surface area contributed by atoms with E-state index in [0.717, 1.165) is 0 Å². The van der Waals surface area contributed by atoms with Crippen LogP contribution in [0.5, 0.6) is 0 Å². The van der Waals surface area contributed by atoms with E-state index in [0.29, 0.717) is 24.2 Å². The lowest BCUT2D eigenvalue weighted by Crippen LogP contribution is -2.10. The molecule has 0 aromatic heterocycles. The van der Waals surface area contributed by atoms with Crippen LogP contribution in [0, 0.1) is 22.1 Å². The molecule has 0 heterocycles. The second-order valence-corrected chi connectivity index (χ2v) is 4.75. The van der Waals surface area contributed by atoms with Crippen molar-refractivity contribution in [1.82, 2.24) is 0 Å². The third-order valence-corrected chi connectivity index (χ3v) is 3.39. The fourth-order valence-electron chi connectivity index (χ4n) is 1.38. The van der Waals surface area contributed by atoms with Gasteiger partial charge in [-0.25, -0.2) is 0 Å². The number of rotatable bonds is 6. The summed E-state index contributed by atoms with van der Waals surface area (Å²) >= 11 is 0. The van der Waals surface area contributed by atoms with Crippen molar-refractivity contribution < 1.29 is 18.5 Å². The number of nitro groups is 1. The summed E-state index contributed by atoms with van der Waals surface area (Å²) in [5, 5.41) is 10.9. The van der Waals surface area contributed by atoms with E-state index in [1.807, 2.05) is 13.8 Å². The third-order valence-electron chi connectivity index (χ3n) is 2.21. The Balaban J connectivity index is 2.88. The van der Waals surface area contributed by atoms with Gasteiger partial charge in [0, 0.05) is 6.07 Å². The molecule has 0 aliphatic rings. The predicted octanol–water partition coefficient (Wildman–Crippen LogP) is 1.48. The van der Waals surface area contributed by atoms with E-state index in [1.165, 1.54) is 6.07 Å². The van der Waals surface area contributed by atoms with Gasteiger partial charge in [0.15, 0.2) is 0 Å². The monoisotopic (exact) mass is 295 g/mol. The van der Waals surface area contributed by atoms with Gasteiger partial charge in [0.1, 0.15) is 14.0 Å². The Bertz CT molecular complexity index is 522. The molecule has 1 rings (SSSR count). The number of nitro benzene ring substituents is 1. The van der Waals surface area contributed by atoms with Gasteiger partial charge in [-0.1, -0.05) is 17.6 Å². The molecule has 0 unspecified atom stereocenters. The van der Waals surface area contributed by atoms with Crippen LogP contribution in [0.4, 0.5) is 5.69 Å². The molecule has 6 nitrogen and oxygen atoms in total. The summed E-state index contributed by atoms with van der Waals surface area (Å²) in [6.07, 6.45) is 2.43. The molecule has 0 spiro atoms. The highest BCUT2D eigenvalue weighted by molar-refractivity contribution is 7.41. The summed E-state index contributed by atoms with van der Waals surface area (Å²) in [5.74, 6) is 2.65. The predicted molar refractivity (Wildman–Crippen MR) is 79.4 cm³/mol. The molecule has 0 fully saturated rings. The lowest BCUT2D eigenvalue weighted by atomic mass is 9.90. The van der Waals surface area contributed by atoms with Gasteiger partial charge in [0.05, 0.1) is 23.7 Å². The minimum Gasteiger partial charge on any atom is -0.373 e. The highest BCUT2D eigenvalue weighted by Crippen LogP contribution is 2.38. The molecule has 0 radical (unpaired) electrons. The van der Waals surface area contributed by atoms with Crippen molar-refractivity contribution in [3.8, 4) is 12.0 Å². The number of nitrogens with zero attached hydrogens (tertiary/aromatic N) is 1. The zero-order valence-electron chi connectivity index (χ0n) is 11.6. The number of hydrogen-bond acceptors (Lipinski definition) is 5. The fraction of sp³-hybridized carbons (Fsp3) is 0.333. The van der Waals surface area contributed by atoms with E-state index in [1.54, 1.807) is 20.0 Å². The van der Waals surface area contributed by atoms with Crippen molar-refractivity contribution >= 4 is 27.6 Å². The summed E-state index contributed by atoms with van der Waals surface area (Å²) in [6, 6.07) is 4.78. The van der Waals surface area contributed by atoms with Crippen LogP contribution in [0.2, 0.25) is 0 Å². The molecule has 1 aromatic carbocycles. The number of hydrogen-bond donors (Lipinski definition) is 0. The molecule has 0 amide bonds. The Hall–Kier alpha value is -1.61. The first-order valence-electron chi connectivity index (χ1n) is 6.08. The summed E-state index contributed by atoms with van der Waals surface area (Å²) in [7, 11) is 0.220. The first-order chi connectivity index (χ1) is 9.60. The van der Waals surface area contributed by atoms with Crippen LogP contribution in [-0.2, 0) is 13.6 Å². The molecule has 0 N–H and O–H groups in total. The lowest BCUT2D eigenvalue weighted by molar-refractivity contribution is -0.385. The van der Waals surface area contributed by atoms with E-state index < -0.39 is 13.5 Å². The van der Waals surface area contributed by atoms with Gasteiger partial charge in [0.2, 0.25) is 0 Å². The van der Waals surface area contributed by atoms with Crippen LogP contribution >= 0.6 is 8.60 Å². The minimum atomic E-state index is -1.54. The van der Waals surface area contributed by atoms with Crippen molar-refractivity contribution in [2.45, 2.75) is 13.8 Å². The van der Waals surface area contributed by atoms with Crippen molar-refractivity contribution in [3.63, 3.8) is 0 Å². The van der Waals surface area contributed by atoms with Crippen molar-refractivity contribution in [3.05, 3.63) is 33.9 Å². The molecular formula is C12H15BNO5P. The average molecular weight is 295 g/mol. The van der Waals surface area contributed by atoms with E-state index in [2.05, 4.69) is 12.0 Å². The van der Waals surface area contributed by atoms with Gasteiger partial charge >= 0.3 is 8.60 Å². The molecule has 0 aliphatic carbocycles. The van der Waals surface area contributed by atoms with Crippen LogP contribution in [-0.4, -0.2) is 26.0 Å². The molecule has 20 heavy (non-hydrogen) atoms. The molecule has 106 valence electrons. The normalized spacial score (nSPS) is 9.95. The Kier molecular flexibility index (Phi) is 7.03. The first-order valence-corrected chi connectivity index (χ1v) is 7.17. The SMILES string of the molecule is Bc1cccc([N+](=O)[O-])c1C#COP(OCC)OCC. The smallest absolute Gasteiger partial charge is 0.373 e. The van der Waals surface area contributed by atoms with Crippen molar-refractivity contribution in [2.75, 3.05) is 13.2 Å². The number of benzene rings is 1. The molecule has 0 saturated heterocycles. The standard InChI is InChI=1S/C12H15BNO5P/c1-3-17-20(18-4-2)19-9-8-10-11(13)6-5-7-12(10)14(15)16/h5-7H,3-4,13H2,1-2H3. The highest BCUT2D eigenvalue weighted by Gasteiger charge is 2.14. The van der Waals surface area contributed by atoms with E-state index in [9.17, 15) is 10.1 Å². The maximum absolute atomic E-state index is 10.9. The van der Waals surface area contributed by atoms with Gasteiger partial charge in [-0.3, -0.25) is 10.1 Å². The summed E-state index contributed by atoms with van der Waals surface area (Å²) < 4.78 is 15.6. The molecule has 0 aliphatic heterocycles. The van der Waals surface area contributed by atoms with Gasteiger partial charge < -0.3 is 13.6 Å². The summed E-state index contributed by atoms with van der Waals surface area (Å²) in [4.78, 5) is 10.5. The van der Waals surface area contributed by atoms with Crippen LogP contribution in [0.3, 0.4) is 0 Å². The summed E-state index contributed by atoms with van der Waals surface area (Å²) in [6.45, 7) is 4.52.